The number of nitrogens with zero attached hydrogens (tertiary/aromatic N) is 1. The molecule has 4 amide bonds. The van der Waals surface area contributed by atoms with E-state index in [1.807, 2.05) is 0 Å². The molecule has 30 heavy (non-hydrogen) atoms. The molecule has 0 aromatic heterocycles. The summed E-state index contributed by atoms with van der Waals surface area (Å²) in [6.07, 6.45) is 5.39. The summed E-state index contributed by atoms with van der Waals surface area (Å²) in [6.45, 7) is 3.29. The number of rotatable bonds is 12. The zero-order valence-electron chi connectivity index (χ0n) is 17.8. The molecule has 0 saturated heterocycles. The van der Waals surface area contributed by atoms with Crippen LogP contribution < -0.4 is 33.2 Å². The average Bonchev–Trinajstić information content (AvgIpc) is 3.16. The van der Waals surface area contributed by atoms with Gasteiger partial charge >= 0.3 is 0 Å². The van der Waals surface area contributed by atoms with Crippen molar-refractivity contribution in [2.75, 3.05) is 6.54 Å². The van der Waals surface area contributed by atoms with Gasteiger partial charge in [0.25, 0.3) is 0 Å². The number of hydrogen-bond acceptors (Lipinski definition) is 5. The van der Waals surface area contributed by atoms with Crippen molar-refractivity contribution in [1.29, 1.82) is 0 Å². The first-order chi connectivity index (χ1) is 14.1. The molecular formula is C19H35N7O4. The second-order valence-electron chi connectivity index (χ2n) is 7.79. The average molecular weight is 426 g/mol. The zero-order chi connectivity index (χ0) is 22.7. The summed E-state index contributed by atoms with van der Waals surface area (Å²) in [4.78, 5) is 52.2. The van der Waals surface area contributed by atoms with E-state index in [0.717, 1.165) is 25.7 Å². The van der Waals surface area contributed by atoms with E-state index in [1.165, 1.54) is 6.92 Å². The maximum absolute atomic E-state index is 12.5. The number of carbonyl (C=O) groups is 4. The molecule has 0 spiro atoms. The largest absolute Gasteiger partial charge is 0.370 e. The summed E-state index contributed by atoms with van der Waals surface area (Å²) < 4.78 is 0. The lowest BCUT2D eigenvalue weighted by Crippen LogP contribution is -2.55. The predicted octanol–water partition coefficient (Wildman–Crippen LogP) is -1.40. The minimum atomic E-state index is -0.928. The zero-order valence-corrected chi connectivity index (χ0v) is 17.8. The number of hydrogen-bond donors (Lipinski definition) is 6. The maximum atomic E-state index is 12.5. The van der Waals surface area contributed by atoms with Crippen LogP contribution in [0.2, 0.25) is 0 Å². The van der Waals surface area contributed by atoms with E-state index in [2.05, 4.69) is 20.9 Å². The Labute approximate surface area is 177 Å². The van der Waals surface area contributed by atoms with Gasteiger partial charge < -0.3 is 33.2 Å². The van der Waals surface area contributed by atoms with Crippen molar-refractivity contribution in [3.05, 3.63) is 0 Å². The van der Waals surface area contributed by atoms with Crippen molar-refractivity contribution < 1.29 is 19.2 Å². The summed E-state index contributed by atoms with van der Waals surface area (Å²) in [7, 11) is 0. The Hall–Kier alpha value is -2.85. The molecular weight excluding hydrogens is 390 g/mol. The van der Waals surface area contributed by atoms with Crippen LogP contribution in [0.1, 0.15) is 58.8 Å². The van der Waals surface area contributed by atoms with Gasteiger partial charge in [-0.25, -0.2) is 0 Å². The van der Waals surface area contributed by atoms with Gasteiger partial charge in [-0.2, -0.15) is 0 Å². The highest BCUT2D eigenvalue weighted by atomic mass is 16.2. The van der Waals surface area contributed by atoms with Gasteiger partial charge in [-0.15, -0.1) is 0 Å². The third-order valence-corrected chi connectivity index (χ3v) is 5.08. The topological polar surface area (TPSA) is 195 Å². The Morgan fingerprint density at radius 1 is 0.933 bits per heavy atom. The van der Waals surface area contributed by atoms with Gasteiger partial charge in [-0.1, -0.05) is 12.8 Å². The number of aliphatic imine (C=N–C) groups is 1. The van der Waals surface area contributed by atoms with Gasteiger partial charge in [0.15, 0.2) is 5.96 Å². The van der Waals surface area contributed by atoms with Gasteiger partial charge in [-0.3, -0.25) is 24.2 Å². The molecule has 0 radical (unpaired) electrons. The van der Waals surface area contributed by atoms with E-state index >= 15 is 0 Å². The maximum Gasteiger partial charge on any atom is 0.243 e. The molecule has 1 fully saturated rings. The molecule has 1 aliphatic carbocycles. The smallest absolute Gasteiger partial charge is 0.243 e. The number of amides is 4. The fourth-order valence-corrected chi connectivity index (χ4v) is 3.30. The van der Waals surface area contributed by atoms with E-state index in [1.54, 1.807) is 6.92 Å². The number of nitrogens with two attached hydrogens (primary N) is 3. The molecule has 0 aromatic rings. The minimum Gasteiger partial charge on any atom is -0.370 e. The van der Waals surface area contributed by atoms with Crippen molar-refractivity contribution in [3.8, 4) is 0 Å². The van der Waals surface area contributed by atoms with E-state index in [-0.39, 0.29) is 24.8 Å². The lowest BCUT2D eigenvalue weighted by Gasteiger charge is -2.22. The van der Waals surface area contributed by atoms with Gasteiger partial charge in [0.05, 0.1) is 0 Å². The summed E-state index contributed by atoms with van der Waals surface area (Å²) in [6, 6.07) is -2.62. The van der Waals surface area contributed by atoms with Gasteiger partial charge in [-0.05, 0) is 45.4 Å². The molecule has 1 saturated carbocycles. The molecule has 170 valence electrons. The van der Waals surface area contributed by atoms with Crippen LogP contribution in [0.15, 0.2) is 4.99 Å². The molecule has 0 heterocycles. The van der Waals surface area contributed by atoms with E-state index in [9.17, 15) is 19.2 Å². The lowest BCUT2D eigenvalue weighted by atomic mass is 10.0. The quantitative estimate of drug-likeness (QED) is 0.126. The molecule has 3 atom stereocenters. The van der Waals surface area contributed by atoms with E-state index in [4.69, 9.17) is 17.2 Å². The Morgan fingerprint density at radius 3 is 2.13 bits per heavy atom. The minimum absolute atomic E-state index is 0.0685. The van der Waals surface area contributed by atoms with Crippen molar-refractivity contribution in [3.63, 3.8) is 0 Å². The summed E-state index contributed by atoms with van der Waals surface area (Å²) >= 11 is 0. The molecule has 0 aliphatic heterocycles. The van der Waals surface area contributed by atoms with Crippen LogP contribution in [0.3, 0.4) is 0 Å². The van der Waals surface area contributed by atoms with Crippen molar-refractivity contribution in [2.24, 2.45) is 28.1 Å². The van der Waals surface area contributed by atoms with Crippen LogP contribution in [0.5, 0.6) is 0 Å². The second-order valence-corrected chi connectivity index (χ2v) is 7.79. The number of primary amides is 1. The van der Waals surface area contributed by atoms with Gasteiger partial charge in [0.1, 0.15) is 18.1 Å². The van der Waals surface area contributed by atoms with Crippen molar-refractivity contribution >= 4 is 29.6 Å². The van der Waals surface area contributed by atoms with E-state index in [0.29, 0.717) is 18.8 Å². The van der Waals surface area contributed by atoms with Crippen molar-refractivity contribution in [2.45, 2.75) is 76.9 Å². The molecule has 0 aromatic carbocycles. The fraction of sp³-hybridized carbons (Fsp3) is 0.737. The van der Waals surface area contributed by atoms with E-state index < -0.39 is 35.8 Å². The van der Waals surface area contributed by atoms with Crippen LogP contribution in [0.25, 0.3) is 0 Å². The van der Waals surface area contributed by atoms with Crippen molar-refractivity contribution in [1.82, 2.24) is 16.0 Å². The van der Waals surface area contributed by atoms with Crippen LogP contribution >= 0.6 is 0 Å². The van der Waals surface area contributed by atoms with Crippen LogP contribution in [0.4, 0.5) is 0 Å². The highest BCUT2D eigenvalue weighted by Gasteiger charge is 2.26. The van der Waals surface area contributed by atoms with Gasteiger partial charge in [0.2, 0.25) is 23.6 Å². The highest BCUT2D eigenvalue weighted by molar-refractivity contribution is 5.93. The second kappa shape index (κ2) is 12.7. The third kappa shape index (κ3) is 9.57. The molecule has 3 unspecified atom stereocenters. The molecule has 9 N–H and O–H groups in total. The standard InChI is InChI=1S/C19H35N7O4/c1-11(16(20)28)25-18(30)14(8-5-9-23-19(21)22)26-17(29)12(2)24-15(27)10-13-6-3-4-7-13/h11-14H,3-10H2,1-2H3,(H2,20,28)(H,24,27)(H,25,30)(H,26,29)(H4,21,22,23). The van der Waals surface area contributed by atoms with Gasteiger partial charge in [0, 0.05) is 13.0 Å². The fourth-order valence-electron chi connectivity index (χ4n) is 3.30. The Balaban J connectivity index is 2.63. The first-order valence-corrected chi connectivity index (χ1v) is 10.3. The lowest BCUT2D eigenvalue weighted by molar-refractivity contribution is -0.133. The Morgan fingerprint density at radius 2 is 1.57 bits per heavy atom. The number of carbonyl (C=O) groups excluding carboxylic acids is 4. The van der Waals surface area contributed by atoms with Crippen LogP contribution in [-0.2, 0) is 19.2 Å². The predicted molar refractivity (Wildman–Crippen MR) is 113 cm³/mol. The normalized spacial score (nSPS) is 16.7. The Kier molecular flexibility index (Phi) is 10.6. The summed E-state index contributed by atoms with van der Waals surface area (Å²) in [5.41, 5.74) is 15.7. The van der Waals surface area contributed by atoms with Crippen LogP contribution in [0, 0.1) is 5.92 Å². The molecule has 11 nitrogen and oxygen atoms in total. The molecule has 1 rings (SSSR count). The first kappa shape index (κ1) is 25.2. The molecule has 0 bridgehead atoms. The SMILES string of the molecule is CC(NC(=O)C(CCCN=C(N)N)NC(=O)C(C)NC(=O)CC1CCCC1)C(N)=O. The molecule has 11 heteroatoms. The third-order valence-electron chi connectivity index (χ3n) is 5.08. The first-order valence-electron chi connectivity index (χ1n) is 10.3. The molecule has 1 aliphatic rings. The monoisotopic (exact) mass is 425 g/mol. The number of guanidine groups is 1. The Bertz CT molecular complexity index is 643. The summed E-state index contributed by atoms with van der Waals surface area (Å²) in [5.74, 6) is -1.62. The summed E-state index contributed by atoms with van der Waals surface area (Å²) in [5, 5.41) is 7.76. The number of nitrogens with one attached hydrogen (secondary N) is 3. The van der Waals surface area contributed by atoms with Crippen LogP contribution in [-0.4, -0.2) is 54.3 Å². The highest BCUT2D eigenvalue weighted by Crippen LogP contribution is 2.27.